The normalized spacial score (nSPS) is 15.1. The molecule has 0 N–H and O–H groups in total. The number of carbonyl (C=O) groups excluding carboxylic acids is 1. The molecule has 0 atom stereocenters. The zero-order valence-electron chi connectivity index (χ0n) is 6.69. The standard InChI is InChI=1S/C5BrF8IO/c6-5(13,14)4(11,12)3(9,10)2(7,8)1(15)16. The Morgan fingerprint density at radius 2 is 1.19 bits per heavy atom. The van der Waals surface area contributed by atoms with Crippen LogP contribution in [0, 0.1) is 0 Å². The fourth-order valence-corrected chi connectivity index (χ4v) is 1.09. The highest BCUT2D eigenvalue weighted by molar-refractivity contribution is 14.1. The van der Waals surface area contributed by atoms with Crippen LogP contribution in [-0.2, 0) is 4.79 Å². The molecular weight excluding hydrogens is 435 g/mol. The molecule has 0 bridgehead atoms. The van der Waals surface area contributed by atoms with Crippen molar-refractivity contribution in [2.75, 3.05) is 0 Å². The van der Waals surface area contributed by atoms with E-state index in [4.69, 9.17) is 0 Å². The molecule has 0 aliphatic carbocycles. The molecule has 0 unspecified atom stereocenters. The topological polar surface area (TPSA) is 17.1 Å². The first kappa shape index (κ1) is 16.3. The van der Waals surface area contributed by atoms with Gasteiger partial charge in [0.1, 0.15) is 0 Å². The van der Waals surface area contributed by atoms with Crippen LogP contribution in [0.2, 0.25) is 0 Å². The second-order valence-corrected chi connectivity index (χ2v) is 4.47. The van der Waals surface area contributed by atoms with E-state index in [1.165, 1.54) is 0 Å². The molecule has 0 heterocycles. The minimum atomic E-state index is -6.52. The Morgan fingerprint density at radius 1 is 0.875 bits per heavy atom. The maximum atomic E-state index is 12.5. The van der Waals surface area contributed by atoms with Crippen LogP contribution in [0.1, 0.15) is 0 Å². The highest BCUT2D eigenvalue weighted by Crippen LogP contribution is 2.55. The Balaban J connectivity index is 5.62. The molecule has 96 valence electrons. The van der Waals surface area contributed by atoms with Crippen LogP contribution in [0.3, 0.4) is 0 Å². The highest BCUT2D eigenvalue weighted by Gasteiger charge is 2.81. The summed E-state index contributed by atoms with van der Waals surface area (Å²) in [6.07, 6.45) is 0. The van der Waals surface area contributed by atoms with Crippen molar-refractivity contribution in [3.63, 3.8) is 0 Å². The lowest BCUT2D eigenvalue weighted by atomic mass is 10.1. The summed E-state index contributed by atoms with van der Waals surface area (Å²) in [5, 5.41) is 0. The summed E-state index contributed by atoms with van der Waals surface area (Å²) < 4.78 is 95.9. The van der Waals surface area contributed by atoms with Gasteiger partial charge in [0.05, 0.1) is 0 Å². The van der Waals surface area contributed by atoms with Gasteiger partial charge in [0.2, 0.25) is 0 Å². The average molecular weight is 435 g/mol. The van der Waals surface area contributed by atoms with Gasteiger partial charge in [-0.1, -0.05) is 0 Å². The third-order valence-electron chi connectivity index (χ3n) is 1.39. The monoisotopic (exact) mass is 434 g/mol. The maximum absolute atomic E-state index is 12.5. The van der Waals surface area contributed by atoms with Crippen LogP contribution >= 0.6 is 38.5 Å². The van der Waals surface area contributed by atoms with E-state index >= 15 is 0 Å². The summed E-state index contributed by atoms with van der Waals surface area (Å²) in [5.74, 6) is -18.9. The van der Waals surface area contributed by atoms with Gasteiger partial charge < -0.3 is 0 Å². The lowest BCUT2D eigenvalue weighted by Gasteiger charge is -2.32. The van der Waals surface area contributed by atoms with Crippen LogP contribution in [0.5, 0.6) is 0 Å². The van der Waals surface area contributed by atoms with Crippen molar-refractivity contribution in [1.29, 1.82) is 0 Å². The van der Waals surface area contributed by atoms with Crippen molar-refractivity contribution in [2.24, 2.45) is 0 Å². The largest absolute Gasteiger partial charge is 0.388 e. The zero-order chi connectivity index (χ0) is 13.6. The third kappa shape index (κ3) is 2.29. The van der Waals surface area contributed by atoms with Crippen molar-refractivity contribution in [3.8, 4) is 0 Å². The lowest BCUT2D eigenvalue weighted by molar-refractivity contribution is -0.331. The predicted molar refractivity (Wildman–Crippen MR) is 47.7 cm³/mol. The minimum absolute atomic E-state index is 0.116. The number of hydrogen-bond donors (Lipinski definition) is 0. The van der Waals surface area contributed by atoms with Gasteiger partial charge in [-0.25, -0.2) is 0 Å². The first-order valence-electron chi connectivity index (χ1n) is 3.09. The van der Waals surface area contributed by atoms with Crippen molar-refractivity contribution >= 4 is 42.3 Å². The van der Waals surface area contributed by atoms with Crippen molar-refractivity contribution in [3.05, 3.63) is 0 Å². The Bertz CT molecular complexity index is 297. The SMILES string of the molecule is O=C(I)C(F)(F)C(F)(F)C(F)(F)C(F)(F)Br. The smallest absolute Gasteiger partial charge is 0.281 e. The molecule has 0 spiro atoms. The van der Waals surface area contributed by atoms with Crippen LogP contribution in [0.25, 0.3) is 0 Å². The van der Waals surface area contributed by atoms with Gasteiger partial charge in [-0.3, -0.25) is 4.79 Å². The molecule has 0 saturated carbocycles. The first-order chi connectivity index (χ1) is 6.69. The van der Waals surface area contributed by atoms with Gasteiger partial charge in [0.25, 0.3) is 3.79 Å². The van der Waals surface area contributed by atoms with Crippen LogP contribution in [0.4, 0.5) is 35.1 Å². The predicted octanol–water partition coefficient (Wildman–Crippen LogP) is 3.84. The third-order valence-corrected chi connectivity index (χ3v) is 2.57. The number of alkyl halides is 9. The molecule has 0 saturated heterocycles. The van der Waals surface area contributed by atoms with E-state index in [0.717, 1.165) is 15.9 Å². The molecular formula is C5BrF8IO. The molecule has 0 aliphatic heterocycles. The molecule has 0 aromatic carbocycles. The summed E-state index contributed by atoms with van der Waals surface area (Å²) in [5.41, 5.74) is 0. The molecule has 0 fully saturated rings. The fourth-order valence-electron chi connectivity index (χ4n) is 0.499. The van der Waals surface area contributed by atoms with Gasteiger partial charge in [0.15, 0.2) is 0 Å². The summed E-state index contributed by atoms with van der Waals surface area (Å²) in [7, 11) is 0. The molecule has 1 nitrogen and oxygen atoms in total. The highest BCUT2D eigenvalue weighted by atomic mass is 127. The van der Waals surface area contributed by atoms with Crippen molar-refractivity contribution in [2.45, 2.75) is 22.6 Å². The Hall–Kier alpha value is 0.320. The molecule has 0 radical (unpaired) electrons. The second-order valence-electron chi connectivity index (χ2n) is 2.49. The molecule has 16 heavy (non-hydrogen) atoms. The number of hydrogen-bond acceptors (Lipinski definition) is 1. The Morgan fingerprint density at radius 3 is 1.38 bits per heavy atom. The summed E-state index contributed by atoms with van der Waals surface area (Å²) in [6, 6.07) is 0. The van der Waals surface area contributed by atoms with Gasteiger partial charge in [-0.15, -0.1) is 0 Å². The van der Waals surface area contributed by atoms with E-state index in [0.29, 0.717) is 0 Å². The number of carbonyl (C=O) groups is 1. The van der Waals surface area contributed by atoms with Crippen LogP contribution in [-0.4, -0.2) is 26.4 Å². The van der Waals surface area contributed by atoms with E-state index in [-0.39, 0.29) is 22.6 Å². The van der Waals surface area contributed by atoms with Crippen LogP contribution in [0.15, 0.2) is 0 Å². The molecule has 0 aromatic heterocycles. The van der Waals surface area contributed by atoms with Crippen LogP contribution < -0.4 is 0 Å². The summed E-state index contributed by atoms with van der Waals surface area (Å²) in [4.78, 5) is 4.46. The van der Waals surface area contributed by atoms with E-state index in [1.54, 1.807) is 0 Å². The van der Waals surface area contributed by atoms with E-state index < -0.39 is 26.4 Å². The number of halogens is 10. The van der Waals surface area contributed by atoms with Gasteiger partial charge in [-0.05, 0) is 15.9 Å². The first-order valence-corrected chi connectivity index (χ1v) is 4.97. The minimum Gasteiger partial charge on any atom is -0.281 e. The Labute approximate surface area is 105 Å². The average Bonchev–Trinajstić information content (AvgIpc) is 2.00. The van der Waals surface area contributed by atoms with Crippen molar-refractivity contribution in [1.82, 2.24) is 0 Å². The van der Waals surface area contributed by atoms with Gasteiger partial charge in [-0.2, -0.15) is 35.1 Å². The van der Waals surface area contributed by atoms with Gasteiger partial charge >= 0.3 is 22.6 Å². The summed E-state index contributed by atoms with van der Waals surface area (Å²) in [6.45, 7) is 0. The van der Waals surface area contributed by atoms with Gasteiger partial charge in [0, 0.05) is 22.6 Å². The zero-order valence-corrected chi connectivity index (χ0v) is 10.4. The Kier molecular flexibility index (Phi) is 4.29. The number of rotatable bonds is 4. The molecule has 0 amide bonds. The summed E-state index contributed by atoms with van der Waals surface area (Å²) >= 11 is 0.983. The maximum Gasteiger partial charge on any atom is 0.388 e. The molecule has 0 aromatic rings. The fraction of sp³-hybridized carbons (Fsp3) is 0.800. The van der Waals surface area contributed by atoms with E-state index in [1.807, 2.05) is 0 Å². The second kappa shape index (κ2) is 4.21. The molecule has 11 heteroatoms. The quantitative estimate of drug-likeness (QED) is 0.284. The lowest BCUT2D eigenvalue weighted by Crippen LogP contribution is -2.62. The molecule has 0 rings (SSSR count). The van der Waals surface area contributed by atoms with Crippen molar-refractivity contribution < 1.29 is 39.9 Å². The molecule has 0 aliphatic rings. The van der Waals surface area contributed by atoms with E-state index in [2.05, 4.69) is 0 Å². The van der Waals surface area contributed by atoms with E-state index in [9.17, 15) is 39.9 Å².